The van der Waals surface area contributed by atoms with Crippen LogP contribution in [0.25, 0.3) is 0 Å². The summed E-state index contributed by atoms with van der Waals surface area (Å²) in [5.74, 6) is 2.75. The van der Waals surface area contributed by atoms with Crippen LogP contribution < -0.4 is 0 Å². The molecule has 0 aromatic heterocycles. The second-order valence-corrected chi connectivity index (χ2v) is 5.66. The Kier molecular flexibility index (Phi) is 9.91. The first-order chi connectivity index (χ1) is 8.15. The molecule has 2 unspecified atom stereocenters. The Labute approximate surface area is 110 Å². The van der Waals surface area contributed by atoms with Gasteiger partial charge in [0.25, 0.3) is 0 Å². The van der Waals surface area contributed by atoms with E-state index < -0.39 is 0 Å². The molecule has 1 rings (SSSR count). The van der Waals surface area contributed by atoms with E-state index in [2.05, 4.69) is 32.6 Å². The lowest BCUT2D eigenvalue weighted by Gasteiger charge is -2.24. The Hall–Kier alpha value is -0.0400. The molecule has 0 bridgehead atoms. The molecule has 1 nitrogen and oxygen atoms in total. The van der Waals surface area contributed by atoms with Crippen LogP contribution in [0.15, 0.2) is 0 Å². The molecule has 1 saturated heterocycles. The van der Waals surface area contributed by atoms with Gasteiger partial charge in [0, 0.05) is 0 Å². The van der Waals surface area contributed by atoms with Crippen molar-refractivity contribution >= 4 is 0 Å². The smallest absolute Gasteiger partial charge is 0.00159 e. The van der Waals surface area contributed by atoms with Crippen LogP contribution in [0.2, 0.25) is 0 Å². The molecule has 1 aliphatic heterocycles. The average Bonchev–Trinajstić information content (AvgIpc) is 2.51. The van der Waals surface area contributed by atoms with E-state index in [1.165, 1.54) is 45.3 Å². The molecule has 1 heterocycles. The second kappa shape index (κ2) is 9.94. The normalized spacial score (nSPS) is 26.3. The molecular formula is C16H35N. The molecule has 0 saturated carbocycles. The van der Waals surface area contributed by atoms with E-state index >= 15 is 0 Å². The van der Waals surface area contributed by atoms with Gasteiger partial charge in [-0.05, 0) is 56.7 Å². The van der Waals surface area contributed by atoms with E-state index in [4.69, 9.17) is 0 Å². The average molecular weight is 241 g/mol. The molecule has 17 heavy (non-hydrogen) atoms. The van der Waals surface area contributed by atoms with Gasteiger partial charge < -0.3 is 4.90 Å². The van der Waals surface area contributed by atoms with Crippen molar-refractivity contribution < 1.29 is 0 Å². The Morgan fingerprint density at radius 1 is 1.12 bits per heavy atom. The van der Waals surface area contributed by atoms with E-state index in [9.17, 15) is 0 Å². The fraction of sp³-hybridized carbons (Fsp3) is 1.00. The van der Waals surface area contributed by atoms with Gasteiger partial charge in [0.15, 0.2) is 0 Å². The van der Waals surface area contributed by atoms with Crippen molar-refractivity contribution in [2.45, 2.75) is 67.2 Å². The Bertz CT molecular complexity index is 165. The maximum Gasteiger partial charge on any atom is -0.00159 e. The lowest BCUT2D eigenvalue weighted by Crippen LogP contribution is -2.26. The summed E-state index contributed by atoms with van der Waals surface area (Å²) in [7, 11) is 0. The summed E-state index contributed by atoms with van der Waals surface area (Å²) in [6.45, 7) is 17.5. The zero-order chi connectivity index (χ0) is 13.3. The standard InChI is InChI=1S/C14H29N.C2H6/c1-5-6-9-15-10-7-13(4)14(8-11-15)12(2)3;1-2/h12-14H,5-11H2,1-4H3;1-2H3. The van der Waals surface area contributed by atoms with Crippen molar-refractivity contribution in [2.75, 3.05) is 19.6 Å². The first-order valence-corrected chi connectivity index (χ1v) is 7.87. The highest BCUT2D eigenvalue weighted by molar-refractivity contribution is 4.76. The third-order valence-corrected chi connectivity index (χ3v) is 4.09. The third kappa shape index (κ3) is 6.45. The summed E-state index contributed by atoms with van der Waals surface area (Å²) in [5.41, 5.74) is 0. The SMILES string of the molecule is CC.CCCCN1CCC(C)C(C(C)C)CC1. The van der Waals surface area contributed by atoms with Gasteiger partial charge in [0.1, 0.15) is 0 Å². The minimum absolute atomic E-state index is 0.867. The van der Waals surface area contributed by atoms with Crippen LogP contribution in [0.3, 0.4) is 0 Å². The number of rotatable bonds is 4. The van der Waals surface area contributed by atoms with E-state index in [-0.39, 0.29) is 0 Å². The summed E-state index contributed by atoms with van der Waals surface area (Å²) in [4.78, 5) is 2.68. The summed E-state index contributed by atoms with van der Waals surface area (Å²) in [6.07, 6.45) is 5.54. The first-order valence-electron chi connectivity index (χ1n) is 7.87. The van der Waals surface area contributed by atoms with Gasteiger partial charge in [-0.2, -0.15) is 0 Å². The summed E-state index contributed by atoms with van der Waals surface area (Å²) in [5, 5.41) is 0. The van der Waals surface area contributed by atoms with E-state index in [0.29, 0.717) is 0 Å². The highest BCUT2D eigenvalue weighted by atomic mass is 15.1. The Morgan fingerprint density at radius 2 is 1.71 bits per heavy atom. The second-order valence-electron chi connectivity index (χ2n) is 5.66. The molecule has 0 aliphatic carbocycles. The molecule has 0 radical (unpaired) electrons. The summed E-state index contributed by atoms with van der Waals surface area (Å²) in [6, 6.07) is 0. The van der Waals surface area contributed by atoms with Crippen LogP contribution in [0, 0.1) is 17.8 Å². The number of unbranched alkanes of at least 4 members (excludes halogenated alkanes) is 1. The van der Waals surface area contributed by atoms with Crippen LogP contribution in [0.5, 0.6) is 0 Å². The van der Waals surface area contributed by atoms with Gasteiger partial charge in [-0.15, -0.1) is 0 Å². The van der Waals surface area contributed by atoms with Crippen molar-refractivity contribution in [3.8, 4) is 0 Å². The van der Waals surface area contributed by atoms with Gasteiger partial charge in [-0.1, -0.05) is 48.0 Å². The summed E-state index contributed by atoms with van der Waals surface area (Å²) >= 11 is 0. The van der Waals surface area contributed by atoms with Crippen LogP contribution >= 0.6 is 0 Å². The predicted octanol–water partition coefficient (Wildman–Crippen LogP) is 4.82. The lowest BCUT2D eigenvalue weighted by atomic mass is 9.81. The van der Waals surface area contributed by atoms with Crippen LogP contribution in [0.1, 0.15) is 67.2 Å². The largest absolute Gasteiger partial charge is 0.303 e. The van der Waals surface area contributed by atoms with Crippen molar-refractivity contribution in [1.82, 2.24) is 4.90 Å². The molecule has 0 spiro atoms. The van der Waals surface area contributed by atoms with E-state index in [1.807, 2.05) is 13.8 Å². The maximum atomic E-state index is 2.68. The van der Waals surface area contributed by atoms with Gasteiger partial charge >= 0.3 is 0 Å². The molecule has 1 fully saturated rings. The fourth-order valence-corrected chi connectivity index (χ4v) is 2.92. The van der Waals surface area contributed by atoms with Crippen LogP contribution in [-0.4, -0.2) is 24.5 Å². The molecular weight excluding hydrogens is 206 g/mol. The van der Waals surface area contributed by atoms with Gasteiger partial charge in [0.2, 0.25) is 0 Å². The fourth-order valence-electron chi connectivity index (χ4n) is 2.92. The van der Waals surface area contributed by atoms with Crippen molar-refractivity contribution in [3.63, 3.8) is 0 Å². The Morgan fingerprint density at radius 3 is 2.24 bits per heavy atom. The maximum absolute atomic E-state index is 2.68. The van der Waals surface area contributed by atoms with Crippen molar-refractivity contribution in [2.24, 2.45) is 17.8 Å². The number of nitrogens with zero attached hydrogens (tertiary/aromatic N) is 1. The van der Waals surface area contributed by atoms with Crippen molar-refractivity contribution in [1.29, 1.82) is 0 Å². The third-order valence-electron chi connectivity index (χ3n) is 4.09. The van der Waals surface area contributed by atoms with Crippen LogP contribution in [0.4, 0.5) is 0 Å². The van der Waals surface area contributed by atoms with Gasteiger partial charge in [-0.3, -0.25) is 0 Å². The van der Waals surface area contributed by atoms with E-state index in [1.54, 1.807) is 0 Å². The molecule has 104 valence electrons. The zero-order valence-corrected chi connectivity index (χ0v) is 13.1. The topological polar surface area (TPSA) is 3.24 Å². The highest BCUT2D eigenvalue weighted by Gasteiger charge is 2.24. The molecule has 0 N–H and O–H groups in total. The molecule has 1 heteroatoms. The molecule has 0 aromatic carbocycles. The predicted molar refractivity (Wildman–Crippen MR) is 79.4 cm³/mol. The Balaban J connectivity index is 0.00000121. The first kappa shape index (κ1) is 17.0. The lowest BCUT2D eigenvalue weighted by molar-refractivity contribution is 0.255. The minimum Gasteiger partial charge on any atom is -0.303 e. The molecule has 1 aliphatic rings. The molecule has 0 aromatic rings. The van der Waals surface area contributed by atoms with Gasteiger partial charge in [0.05, 0.1) is 0 Å². The zero-order valence-electron chi connectivity index (χ0n) is 13.1. The molecule has 0 amide bonds. The monoisotopic (exact) mass is 241 g/mol. The summed E-state index contributed by atoms with van der Waals surface area (Å²) < 4.78 is 0. The minimum atomic E-state index is 0.867. The van der Waals surface area contributed by atoms with E-state index in [0.717, 1.165) is 17.8 Å². The van der Waals surface area contributed by atoms with Crippen molar-refractivity contribution in [3.05, 3.63) is 0 Å². The number of likely N-dealkylation sites (tertiary alicyclic amines) is 1. The van der Waals surface area contributed by atoms with Crippen LogP contribution in [-0.2, 0) is 0 Å². The molecule has 2 atom stereocenters. The van der Waals surface area contributed by atoms with Gasteiger partial charge in [-0.25, -0.2) is 0 Å². The quantitative estimate of drug-likeness (QED) is 0.682. The number of hydrogen-bond donors (Lipinski definition) is 0. The number of hydrogen-bond acceptors (Lipinski definition) is 1. The highest BCUT2D eigenvalue weighted by Crippen LogP contribution is 2.29.